The summed E-state index contributed by atoms with van der Waals surface area (Å²) in [5, 5.41) is 0. The zero-order valence-electron chi connectivity index (χ0n) is 13.7. The van der Waals surface area contributed by atoms with E-state index in [0.29, 0.717) is 0 Å². The SMILES string of the molecule is COc1ccccc1N=Cc1ccc(N2CCOCC2)cc1C. The first kappa shape index (κ1) is 15.6. The quantitative estimate of drug-likeness (QED) is 0.809. The van der Waals surface area contributed by atoms with Crippen molar-refractivity contribution in [2.75, 3.05) is 38.3 Å². The average Bonchev–Trinajstić information content (AvgIpc) is 2.61. The van der Waals surface area contributed by atoms with Crippen molar-refractivity contribution in [3.8, 4) is 5.75 Å². The van der Waals surface area contributed by atoms with E-state index in [1.165, 1.54) is 11.3 Å². The molecule has 0 saturated carbocycles. The first-order valence-corrected chi connectivity index (χ1v) is 7.88. The van der Waals surface area contributed by atoms with Gasteiger partial charge in [0.1, 0.15) is 11.4 Å². The molecule has 120 valence electrons. The molecule has 0 radical (unpaired) electrons. The number of anilines is 1. The molecule has 1 saturated heterocycles. The second kappa shape index (κ2) is 7.29. The molecule has 0 atom stereocenters. The molecule has 0 N–H and O–H groups in total. The molecule has 1 heterocycles. The second-order valence-corrected chi connectivity index (χ2v) is 5.57. The van der Waals surface area contributed by atoms with Crippen LogP contribution in [-0.2, 0) is 4.74 Å². The van der Waals surface area contributed by atoms with Gasteiger partial charge < -0.3 is 14.4 Å². The number of benzene rings is 2. The van der Waals surface area contributed by atoms with Crippen molar-refractivity contribution in [3.63, 3.8) is 0 Å². The van der Waals surface area contributed by atoms with E-state index < -0.39 is 0 Å². The Hall–Kier alpha value is -2.33. The van der Waals surface area contributed by atoms with Gasteiger partial charge in [0.15, 0.2) is 0 Å². The molecule has 23 heavy (non-hydrogen) atoms. The number of rotatable bonds is 4. The maximum absolute atomic E-state index is 5.41. The van der Waals surface area contributed by atoms with Crippen molar-refractivity contribution < 1.29 is 9.47 Å². The number of nitrogens with zero attached hydrogens (tertiary/aromatic N) is 2. The molecular formula is C19H22N2O2. The minimum atomic E-state index is 0.784. The van der Waals surface area contributed by atoms with Gasteiger partial charge >= 0.3 is 0 Å². The Balaban J connectivity index is 1.79. The van der Waals surface area contributed by atoms with Crippen LogP contribution in [0.15, 0.2) is 47.5 Å². The average molecular weight is 310 g/mol. The molecule has 2 aromatic carbocycles. The summed E-state index contributed by atoms with van der Waals surface area (Å²) < 4.78 is 10.7. The number of aliphatic imine (C=N–C) groups is 1. The molecule has 4 heteroatoms. The van der Waals surface area contributed by atoms with Crippen LogP contribution in [0, 0.1) is 6.92 Å². The summed E-state index contributed by atoms with van der Waals surface area (Å²) in [6, 6.07) is 14.3. The van der Waals surface area contributed by atoms with Crippen LogP contribution in [0.1, 0.15) is 11.1 Å². The van der Waals surface area contributed by atoms with Crippen LogP contribution < -0.4 is 9.64 Å². The number of morpholine rings is 1. The molecule has 2 aromatic rings. The van der Waals surface area contributed by atoms with Gasteiger partial charge in [0.05, 0.1) is 20.3 Å². The van der Waals surface area contributed by atoms with Crippen molar-refractivity contribution in [1.82, 2.24) is 0 Å². The van der Waals surface area contributed by atoms with E-state index in [2.05, 4.69) is 35.0 Å². The Morgan fingerprint density at radius 1 is 1.13 bits per heavy atom. The first-order chi connectivity index (χ1) is 11.3. The zero-order valence-corrected chi connectivity index (χ0v) is 13.7. The van der Waals surface area contributed by atoms with Crippen LogP contribution in [0.5, 0.6) is 5.75 Å². The normalized spacial score (nSPS) is 15.1. The number of para-hydroxylation sites is 2. The number of hydrogen-bond acceptors (Lipinski definition) is 4. The van der Waals surface area contributed by atoms with E-state index in [1.807, 2.05) is 30.5 Å². The fourth-order valence-corrected chi connectivity index (χ4v) is 2.70. The Morgan fingerprint density at radius 2 is 1.91 bits per heavy atom. The predicted octanol–water partition coefficient (Wildman–Crippen LogP) is 3.59. The smallest absolute Gasteiger partial charge is 0.144 e. The monoisotopic (exact) mass is 310 g/mol. The Morgan fingerprint density at radius 3 is 2.65 bits per heavy atom. The number of ether oxygens (including phenoxy) is 2. The van der Waals surface area contributed by atoms with Crippen LogP contribution in [0.2, 0.25) is 0 Å². The fraction of sp³-hybridized carbons (Fsp3) is 0.316. The molecule has 0 spiro atoms. The number of hydrogen-bond donors (Lipinski definition) is 0. The van der Waals surface area contributed by atoms with Crippen LogP contribution in [0.25, 0.3) is 0 Å². The highest BCUT2D eigenvalue weighted by Crippen LogP contribution is 2.26. The molecule has 0 bridgehead atoms. The standard InChI is InChI=1S/C19H22N2O2/c1-15-13-17(21-9-11-23-12-10-21)8-7-16(15)14-20-18-5-3-4-6-19(18)22-2/h3-8,13-14H,9-12H2,1-2H3. The summed E-state index contributed by atoms with van der Waals surface area (Å²) in [5.74, 6) is 0.784. The van der Waals surface area contributed by atoms with Gasteiger partial charge in [0, 0.05) is 25.0 Å². The zero-order chi connectivity index (χ0) is 16.1. The van der Waals surface area contributed by atoms with Gasteiger partial charge in [0.25, 0.3) is 0 Å². The molecule has 0 unspecified atom stereocenters. The van der Waals surface area contributed by atoms with Gasteiger partial charge in [-0.2, -0.15) is 0 Å². The van der Waals surface area contributed by atoms with Crippen molar-refractivity contribution >= 4 is 17.6 Å². The highest BCUT2D eigenvalue weighted by atomic mass is 16.5. The summed E-state index contributed by atoms with van der Waals surface area (Å²) in [7, 11) is 1.66. The Bertz CT molecular complexity index is 692. The van der Waals surface area contributed by atoms with Gasteiger partial charge in [-0.15, -0.1) is 0 Å². The molecule has 1 aliphatic rings. The van der Waals surface area contributed by atoms with Crippen molar-refractivity contribution in [2.45, 2.75) is 6.92 Å². The van der Waals surface area contributed by atoms with Gasteiger partial charge in [-0.1, -0.05) is 18.2 Å². The lowest BCUT2D eigenvalue weighted by atomic mass is 10.1. The third-order valence-electron chi connectivity index (χ3n) is 4.06. The minimum Gasteiger partial charge on any atom is -0.494 e. The largest absolute Gasteiger partial charge is 0.494 e. The third-order valence-corrected chi connectivity index (χ3v) is 4.06. The molecule has 4 nitrogen and oxygen atoms in total. The predicted molar refractivity (Wildman–Crippen MR) is 94.5 cm³/mol. The summed E-state index contributed by atoms with van der Waals surface area (Å²) >= 11 is 0. The molecule has 0 aliphatic carbocycles. The number of methoxy groups -OCH3 is 1. The van der Waals surface area contributed by atoms with Gasteiger partial charge in [-0.05, 0) is 42.3 Å². The highest BCUT2D eigenvalue weighted by molar-refractivity contribution is 5.85. The summed E-state index contributed by atoms with van der Waals surface area (Å²) in [5.41, 5.74) is 4.42. The first-order valence-electron chi connectivity index (χ1n) is 7.88. The van der Waals surface area contributed by atoms with Crippen LogP contribution in [-0.4, -0.2) is 39.6 Å². The Kier molecular flexibility index (Phi) is 4.93. The lowest BCUT2D eigenvalue weighted by Crippen LogP contribution is -2.36. The second-order valence-electron chi connectivity index (χ2n) is 5.57. The van der Waals surface area contributed by atoms with Crippen molar-refractivity contribution in [1.29, 1.82) is 0 Å². The van der Waals surface area contributed by atoms with Gasteiger partial charge in [-0.3, -0.25) is 4.99 Å². The van der Waals surface area contributed by atoms with Gasteiger partial charge in [0.2, 0.25) is 0 Å². The van der Waals surface area contributed by atoms with E-state index in [0.717, 1.165) is 43.3 Å². The lowest BCUT2D eigenvalue weighted by molar-refractivity contribution is 0.122. The van der Waals surface area contributed by atoms with E-state index in [1.54, 1.807) is 7.11 Å². The van der Waals surface area contributed by atoms with Crippen LogP contribution in [0.4, 0.5) is 11.4 Å². The highest BCUT2D eigenvalue weighted by Gasteiger charge is 2.11. The van der Waals surface area contributed by atoms with E-state index in [9.17, 15) is 0 Å². The number of aryl methyl sites for hydroxylation is 1. The molecular weight excluding hydrogens is 288 g/mol. The maximum atomic E-state index is 5.41. The van der Waals surface area contributed by atoms with E-state index in [4.69, 9.17) is 9.47 Å². The third kappa shape index (κ3) is 3.71. The van der Waals surface area contributed by atoms with Crippen LogP contribution in [0.3, 0.4) is 0 Å². The summed E-state index contributed by atoms with van der Waals surface area (Å²) in [4.78, 5) is 6.93. The van der Waals surface area contributed by atoms with Crippen LogP contribution >= 0.6 is 0 Å². The molecule has 1 fully saturated rings. The summed E-state index contributed by atoms with van der Waals surface area (Å²) in [6.07, 6.45) is 1.90. The lowest BCUT2D eigenvalue weighted by Gasteiger charge is -2.29. The summed E-state index contributed by atoms with van der Waals surface area (Å²) in [6.45, 7) is 5.63. The van der Waals surface area contributed by atoms with Crippen molar-refractivity contribution in [3.05, 3.63) is 53.6 Å². The molecule has 3 rings (SSSR count). The van der Waals surface area contributed by atoms with E-state index in [-0.39, 0.29) is 0 Å². The van der Waals surface area contributed by atoms with Gasteiger partial charge in [-0.25, -0.2) is 0 Å². The van der Waals surface area contributed by atoms with Crippen molar-refractivity contribution in [2.24, 2.45) is 4.99 Å². The maximum Gasteiger partial charge on any atom is 0.144 e. The minimum absolute atomic E-state index is 0.784. The molecule has 0 aromatic heterocycles. The fourth-order valence-electron chi connectivity index (χ4n) is 2.70. The topological polar surface area (TPSA) is 34.1 Å². The molecule has 0 amide bonds. The molecule has 1 aliphatic heterocycles. The van der Waals surface area contributed by atoms with E-state index >= 15 is 0 Å². The Labute approximate surface area is 137 Å².